The molecular formula is C18H12N2O2S. The maximum absolute atomic E-state index is 12.0. The Balaban J connectivity index is 1.62. The third kappa shape index (κ3) is 2.91. The van der Waals surface area contributed by atoms with Crippen molar-refractivity contribution in [3.8, 4) is 0 Å². The van der Waals surface area contributed by atoms with E-state index in [9.17, 15) is 4.79 Å². The molecule has 1 N–H and O–H groups in total. The van der Waals surface area contributed by atoms with Gasteiger partial charge in [0.15, 0.2) is 5.17 Å². The molecule has 0 bridgehead atoms. The quantitative estimate of drug-likeness (QED) is 0.715. The van der Waals surface area contributed by atoms with Crippen molar-refractivity contribution < 1.29 is 9.21 Å². The lowest BCUT2D eigenvalue weighted by molar-refractivity contribution is -0.115. The summed E-state index contributed by atoms with van der Waals surface area (Å²) in [6.07, 6.45) is 3.29. The fourth-order valence-corrected chi connectivity index (χ4v) is 3.17. The maximum Gasteiger partial charge on any atom is 0.264 e. The Morgan fingerprint density at radius 2 is 1.91 bits per heavy atom. The predicted molar refractivity (Wildman–Crippen MR) is 93.5 cm³/mol. The van der Waals surface area contributed by atoms with Crippen LogP contribution in [0.2, 0.25) is 0 Å². The molecule has 1 aromatic heterocycles. The summed E-state index contributed by atoms with van der Waals surface area (Å²) in [6, 6.07) is 17.7. The molecule has 4 nitrogen and oxygen atoms in total. The molecule has 0 atom stereocenters. The molecule has 2 aromatic carbocycles. The molecule has 1 aliphatic heterocycles. The Bertz CT molecular complexity index is 943. The molecular weight excluding hydrogens is 308 g/mol. The van der Waals surface area contributed by atoms with Crippen molar-refractivity contribution in [3.63, 3.8) is 0 Å². The molecule has 0 aliphatic carbocycles. The molecule has 0 spiro atoms. The summed E-state index contributed by atoms with van der Waals surface area (Å²) in [5.41, 5.74) is 0.811. The molecule has 1 fully saturated rings. The van der Waals surface area contributed by atoms with Crippen LogP contribution in [0, 0.1) is 0 Å². The lowest BCUT2D eigenvalue weighted by Gasteiger charge is -2.00. The van der Waals surface area contributed by atoms with Crippen molar-refractivity contribution in [1.29, 1.82) is 0 Å². The zero-order valence-corrected chi connectivity index (χ0v) is 12.8. The van der Waals surface area contributed by atoms with E-state index in [1.165, 1.54) is 11.8 Å². The Morgan fingerprint density at radius 1 is 1.04 bits per heavy atom. The average Bonchev–Trinajstić information content (AvgIpc) is 3.18. The third-order valence-corrected chi connectivity index (χ3v) is 4.34. The SMILES string of the molecule is O=C1NC(=Nc2ccc3ccccc3c2)S/C1=C/c1ccco1. The molecule has 0 unspecified atom stereocenters. The summed E-state index contributed by atoms with van der Waals surface area (Å²) in [4.78, 5) is 17.1. The van der Waals surface area contributed by atoms with Crippen LogP contribution in [-0.2, 0) is 4.79 Å². The highest BCUT2D eigenvalue weighted by molar-refractivity contribution is 8.18. The summed E-state index contributed by atoms with van der Waals surface area (Å²) >= 11 is 1.31. The zero-order chi connectivity index (χ0) is 15.6. The highest BCUT2D eigenvalue weighted by Crippen LogP contribution is 2.29. The Labute approximate surface area is 136 Å². The van der Waals surface area contributed by atoms with Crippen LogP contribution in [0.4, 0.5) is 5.69 Å². The van der Waals surface area contributed by atoms with Crippen molar-refractivity contribution in [2.24, 2.45) is 4.99 Å². The molecule has 1 saturated heterocycles. The van der Waals surface area contributed by atoms with Crippen LogP contribution in [0.25, 0.3) is 16.8 Å². The van der Waals surface area contributed by atoms with E-state index in [4.69, 9.17) is 4.42 Å². The fraction of sp³-hybridized carbons (Fsp3) is 0. The molecule has 3 aromatic rings. The number of fused-ring (bicyclic) bond motifs is 1. The summed E-state index contributed by atoms with van der Waals surface area (Å²) in [7, 11) is 0. The third-order valence-electron chi connectivity index (χ3n) is 3.43. The number of nitrogens with zero attached hydrogens (tertiary/aromatic N) is 1. The van der Waals surface area contributed by atoms with Gasteiger partial charge in [-0.3, -0.25) is 4.79 Å². The van der Waals surface area contributed by atoms with Gasteiger partial charge in [0.1, 0.15) is 5.76 Å². The number of hydrogen-bond donors (Lipinski definition) is 1. The van der Waals surface area contributed by atoms with Crippen LogP contribution in [0.3, 0.4) is 0 Å². The first-order valence-corrected chi connectivity index (χ1v) is 7.91. The van der Waals surface area contributed by atoms with Crippen LogP contribution in [0.1, 0.15) is 5.76 Å². The van der Waals surface area contributed by atoms with E-state index in [1.54, 1.807) is 24.5 Å². The monoisotopic (exact) mass is 320 g/mol. The first-order chi connectivity index (χ1) is 11.3. The van der Waals surface area contributed by atoms with E-state index < -0.39 is 0 Å². The number of rotatable bonds is 2. The number of benzene rings is 2. The van der Waals surface area contributed by atoms with Gasteiger partial charge >= 0.3 is 0 Å². The average molecular weight is 320 g/mol. The van der Waals surface area contributed by atoms with Gasteiger partial charge in [0.25, 0.3) is 5.91 Å². The first-order valence-electron chi connectivity index (χ1n) is 7.10. The molecule has 4 rings (SSSR count). The fourth-order valence-electron chi connectivity index (χ4n) is 2.35. The second kappa shape index (κ2) is 5.78. The molecule has 1 amide bonds. The first kappa shape index (κ1) is 13.8. The summed E-state index contributed by atoms with van der Waals surface area (Å²) in [5.74, 6) is 0.487. The van der Waals surface area contributed by atoms with Gasteiger partial charge < -0.3 is 9.73 Å². The number of hydrogen-bond acceptors (Lipinski definition) is 4. The smallest absolute Gasteiger partial charge is 0.264 e. The number of furan rings is 1. The largest absolute Gasteiger partial charge is 0.465 e. The minimum absolute atomic E-state index is 0.161. The van der Waals surface area contributed by atoms with E-state index in [2.05, 4.69) is 16.4 Å². The van der Waals surface area contributed by atoms with Crippen LogP contribution in [0.15, 0.2) is 75.2 Å². The van der Waals surface area contributed by atoms with Crippen LogP contribution in [0.5, 0.6) is 0 Å². The Hall–Kier alpha value is -2.79. The van der Waals surface area contributed by atoms with E-state index in [0.717, 1.165) is 16.5 Å². The molecule has 0 radical (unpaired) electrons. The van der Waals surface area contributed by atoms with E-state index >= 15 is 0 Å². The predicted octanol–water partition coefficient (Wildman–Crippen LogP) is 4.32. The number of carbonyl (C=O) groups is 1. The summed E-state index contributed by atoms with van der Waals surface area (Å²) < 4.78 is 5.24. The van der Waals surface area contributed by atoms with E-state index in [-0.39, 0.29) is 5.91 Å². The zero-order valence-electron chi connectivity index (χ0n) is 12.0. The normalized spacial score (nSPS) is 18.0. The van der Waals surface area contributed by atoms with Gasteiger partial charge in [0.2, 0.25) is 0 Å². The van der Waals surface area contributed by atoms with Crippen molar-refractivity contribution in [1.82, 2.24) is 5.32 Å². The van der Waals surface area contributed by atoms with Crippen molar-refractivity contribution in [2.45, 2.75) is 0 Å². The molecule has 112 valence electrons. The van der Waals surface area contributed by atoms with Gasteiger partial charge in [-0.25, -0.2) is 4.99 Å². The van der Waals surface area contributed by atoms with Gasteiger partial charge in [-0.15, -0.1) is 0 Å². The van der Waals surface area contributed by atoms with Gasteiger partial charge in [0, 0.05) is 6.08 Å². The topological polar surface area (TPSA) is 54.6 Å². The van der Waals surface area contributed by atoms with Gasteiger partial charge in [-0.05, 0) is 46.8 Å². The van der Waals surface area contributed by atoms with Crippen molar-refractivity contribution in [2.75, 3.05) is 0 Å². The molecule has 0 saturated carbocycles. The summed E-state index contributed by atoms with van der Waals surface area (Å²) in [6.45, 7) is 0. The number of carbonyl (C=O) groups excluding carboxylic acids is 1. The van der Waals surface area contributed by atoms with Crippen LogP contribution < -0.4 is 5.32 Å². The van der Waals surface area contributed by atoms with Crippen molar-refractivity contribution >= 4 is 45.4 Å². The van der Waals surface area contributed by atoms with Gasteiger partial charge in [0.05, 0.1) is 16.9 Å². The highest BCUT2D eigenvalue weighted by atomic mass is 32.2. The standard InChI is InChI=1S/C18H12N2O2S/c21-17-16(11-15-6-3-9-22-15)23-18(20-17)19-14-8-7-12-4-1-2-5-13(12)10-14/h1-11H,(H,19,20,21)/b16-11+. The molecule has 23 heavy (non-hydrogen) atoms. The second-order valence-electron chi connectivity index (χ2n) is 5.03. The Kier molecular flexibility index (Phi) is 3.48. The number of amides is 1. The van der Waals surface area contributed by atoms with Gasteiger partial charge in [-0.1, -0.05) is 30.3 Å². The number of nitrogens with one attached hydrogen (secondary N) is 1. The second-order valence-corrected chi connectivity index (χ2v) is 6.06. The van der Waals surface area contributed by atoms with E-state index in [1.807, 2.05) is 36.4 Å². The van der Waals surface area contributed by atoms with E-state index in [0.29, 0.717) is 15.8 Å². The maximum atomic E-state index is 12.0. The molecule has 2 heterocycles. The molecule has 5 heteroatoms. The highest BCUT2D eigenvalue weighted by Gasteiger charge is 2.24. The van der Waals surface area contributed by atoms with Crippen LogP contribution >= 0.6 is 11.8 Å². The minimum Gasteiger partial charge on any atom is -0.465 e. The molecule has 1 aliphatic rings. The Morgan fingerprint density at radius 3 is 2.74 bits per heavy atom. The van der Waals surface area contributed by atoms with Gasteiger partial charge in [-0.2, -0.15) is 0 Å². The summed E-state index contributed by atoms with van der Waals surface area (Å²) in [5, 5.41) is 5.63. The lowest BCUT2D eigenvalue weighted by Crippen LogP contribution is -2.19. The number of amidine groups is 1. The minimum atomic E-state index is -0.161. The lowest BCUT2D eigenvalue weighted by atomic mass is 10.1. The van der Waals surface area contributed by atoms with Crippen molar-refractivity contribution in [3.05, 3.63) is 71.5 Å². The number of thioether (sulfide) groups is 1. The number of aliphatic imine (C=N–C) groups is 1. The van der Waals surface area contributed by atoms with Crippen LogP contribution in [-0.4, -0.2) is 11.1 Å².